The van der Waals surface area contributed by atoms with Crippen LogP contribution in [0.15, 0.2) is 34.9 Å². The third-order valence-electron chi connectivity index (χ3n) is 5.95. The lowest BCUT2D eigenvalue weighted by Gasteiger charge is -2.34. The van der Waals surface area contributed by atoms with Crippen LogP contribution in [-0.2, 0) is 17.8 Å². The number of hydrogen-bond donors (Lipinski definition) is 1. The topological polar surface area (TPSA) is 78.7 Å². The molecule has 1 N–H and O–H groups in total. The van der Waals surface area contributed by atoms with Gasteiger partial charge in [-0.15, -0.1) is 0 Å². The Morgan fingerprint density at radius 2 is 1.93 bits per heavy atom. The van der Waals surface area contributed by atoms with Crippen LogP contribution in [0.5, 0.6) is 0 Å². The number of rotatable bonds is 5. The standard InChI is InChI=1S/C22H28N4O3/c1-16-12-20(24-29-16)22(28)23-13-17-6-10-26(11-7-17)21(27)15-25-9-8-18-4-2-3-5-19(18)14-25/h2-5,12,17H,6-11,13-15H2,1H3,(H,23,28). The van der Waals surface area contributed by atoms with E-state index in [1.165, 1.54) is 11.1 Å². The van der Waals surface area contributed by atoms with Crippen molar-refractivity contribution in [2.45, 2.75) is 32.7 Å². The minimum atomic E-state index is -0.203. The SMILES string of the molecule is Cc1cc(C(=O)NCC2CCN(C(=O)CN3CCc4ccccc4C3)CC2)no1. The van der Waals surface area contributed by atoms with Crippen molar-refractivity contribution in [1.82, 2.24) is 20.3 Å². The van der Waals surface area contributed by atoms with Crippen molar-refractivity contribution in [2.24, 2.45) is 5.92 Å². The van der Waals surface area contributed by atoms with Gasteiger partial charge >= 0.3 is 0 Å². The largest absolute Gasteiger partial charge is 0.361 e. The number of nitrogens with one attached hydrogen (secondary N) is 1. The Labute approximate surface area is 171 Å². The van der Waals surface area contributed by atoms with Crippen molar-refractivity contribution in [3.8, 4) is 0 Å². The maximum atomic E-state index is 12.7. The summed E-state index contributed by atoms with van der Waals surface area (Å²) < 4.78 is 4.94. The number of piperidine rings is 1. The van der Waals surface area contributed by atoms with Crippen LogP contribution >= 0.6 is 0 Å². The first-order valence-electron chi connectivity index (χ1n) is 10.4. The summed E-state index contributed by atoms with van der Waals surface area (Å²) in [7, 11) is 0. The summed E-state index contributed by atoms with van der Waals surface area (Å²) in [6, 6.07) is 10.1. The van der Waals surface area contributed by atoms with E-state index in [1.807, 2.05) is 4.90 Å². The lowest BCUT2D eigenvalue weighted by atomic mass is 9.96. The minimum Gasteiger partial charge on any atom is -0.361 e. The summed E-state index contributed by atoms with van der Waals surface area (Å²) in [4.78, 5) is 29.0. The van der Waals surface area contributed by atoms with Gasteiger partial charge in [-0.05, 0) is 43.2 Å². The van der Waals surface area contributed by atoms with Crippen LogP contribution in [0.25, 0.3) is 0 Å². The minimum absolute atomic E-state index is 0.203. The molecule has 1 aromatic carbocycles. The number of carbonyl (C=O) groups is 2. The van der Waals surface area contributed by atoms with Gasteiger partial charge in [0.15, 0.2) is 5.69 Å². The van der Waals surface area contributed by atoms with E-state index in [0.717, 1.165) is 45.4 Å². The zero-order chi connectivity index (χ0) is 20.2. The third-order valence-corrected chi connectivity index (χ3v) is 5.95. The van der Waals surface area contributed by atoms with Gasteiger partial charge in [0.25, 0.3) is 5.91 Å². The Bertz CT molecular complexity index is 870. The van der Waals surface area contributed by atoms with Gasteiger partial charge in [0.2, 0.25) is 5.91 Å². The van der Waals surface area contributed by atoms with E-state index in [-0.39, 0.29) is 11.8 Å². The molecule has 1 fully saturated rings. The number of fused-ring (bicyclic) bond motifs is 1. The van der Waals surface area contributed by atoms with Crippen molar-refractivity contribution in [2.75, 3.05) is 32.7 Å². The molecule has 2 aromatic rings. The van der Waals surface area contributed by atoms with E-state index in [9.17, 15) is 9.59 Å². The van der Waals surface area contributed by atoms with Crippen LogP contribution in [0, 0.1) is 12.8 Å². The van der Waals surface area contributed by atoms with E-state index >= 15 is 0 Å². The molecule has 2 aliphatic heterocycles. The Kier molecular flexibility index (Phi) is 5.94. The molecule has 0 unspecified atom stereocenters. The third kappa shape index (κ3) is 4.85. The molecule has 0 saturated carbocycles. The average Bonchev–Trinajstić information content (AvgIpc) is 3.18. The van der Waals surface area contributed by atoms with Crippen molar-refractivity contribution in [1.29, 1.82) is 0 Å². The van der Waals surface area contributed by atoms with Crippen LogP contribution in [0.1, 0.15) is 40.2 Å². The zero-order valence-corrected chi connectivity index (χ0v) is 16.9. The first kappa shape index (κ1) is 19.6. The molecule has 2 aliphatic rings. The Balaban J connectivity index is 1.19. The number of nitrogens with zero attached hydrogens (tertiary/aromatic N) is 3. The smallest absolute Gasteiger partial charge is 0.273 e. The highest BCUT2D eigenvalue weighted by Crippen LogP contribution is 2.20. The molecule has 154 valence electrons. The molecular weight excluding hydrogens is 368 g/mol. The van der Waals surface area contributed by atoms with Gasteiger partial charge in [0, 0.05) is 38.8 Å². The van der Waals surface area contributed by atoms with Gasteiger partial charge in [-0.2, -0.15) is 0 Å². The van der Waals surface area contributed by atoms with E-state index < -0.39 is 0 Å². The van der Waals surface area contributed by atoms with E-state index in [2.05, 4.69) is 39.6 Å². The van der Waals surface area contributed by atoms with Crippen molar-refractivity contribution in [3.63, 3.8) is 0 Å². The number of aryl methyl sites for hydroxylation is 1. The molecule has 0 radical (unpaired) electrons. The highest BCUT2D eigenvalue weighted by atomic mass is 16.5. The van der Waals surface area contributed by atoms with Crippen LogP contribution in [0.2, 0.25) is 0 Å². The highest BCUT2D eigenvalue weighted by Gasteiger charge is 2.26. The summed E-state index contributed by atoms with van der Waals surface area (Å²) in [5, 5.41) is 6.67. The van der Waals surface area contributed by atoms with Crippen LogP contribution in [-0.4, -0.2) is 59.5 Å². The monoisotopic (exact) mass is 396 g/mol. The predicted octanol–water partition coefficient (Wildman–Crippen LogP) is 2.01. The predicted molar refractivity (Wildman–Crippen MR) is 108 cm³/mol. The van der Waals surface area contributed by atoms with Gasteiger partial charge < -0.3 is 14.7 Å². The first-order valence-corrected chi connectivity index (χ1v) is 10.4. The number of likely N-dealkylation sites (tertiary alicyclic amines) is 1. The average molecular weight is 396 g/mol. The normalized spacial score (nSPS) is 17.8. The molecule has 3 heterocycles. The molecule has 0 aliphatic carbocycles. The zero-order valence-electron chi connectivity index (χ0n) is 16.9. The van der Waals surface area contributed by atoms with E-state index in [0.29, 0.717) is 30.5 Å². The number of amides is 2. The molecule has 1 aromatic heterocycles. The summed E-state index contributed by atoms with van der Waals surface area (Å²) in [6.07, 6.45) is 2.83. The van der Waals surface area contributed by atoms with Gasteiger partial charge in [-0.25, -0.2) is 0 Å². The van der Waals surface area contributed by atoms with Gasteiger partial charge in [0.1, 0.15) is 5.76 Å². The summed E-state index contributed by atoms with van der Waals surface area (Å²) >= 11 is 0. The van der Waals surface area contributed by atoms with Gasteiger partial charge in [-0.1, -0.05) is 29.4 Å². The van der Waals surface area contributed by atoms with Gasteiger partial charge in [0.05, 0.1) is 6.54 Å². The Hall–Kier alpha value is -2.67. The van der Waals surface area contributed by atoms with Crippen LogP contribution in [0.4, 0.5) is 0 Å². The van der Waals surface area contributed by atoms with Gasteiger partial charge in [-0.3, -0.25) is 14.5 Å². The van der Waals surface area contributed by atoms with Crippen LogP contribution in [0.3, 0.4) is 0 Å². The van der Waals surface area contributed by atoms with Crippen molar-refractivity contribution >= 4 is 11.8 Å². The van der Waals surface area contributed by atoms with E-state index in [4.69, 9.17) is 4.52 Å². The molecule has 29 heavy (non-hydrogen) atoms. The first-order chi connectivity index (χ1) is 14.1. The fourth-order valence-corrected chi connectivity index (χ4v) is 4.17. The quantitative estimate of drug-likeness (QED) is 0.836. The fourth-order valence-electron chi connectivity index (χ4n) is 4.17. The number of benzene rings is 1. The molecule has 1 saturated heterocycles. The highest BCUT2D eigenvalue weighted by molar-refractivity contribution is 5.92. The Morgan fingerprint density at radius 1 is 1.17 bits per heavy atom. The molecule has 7 heteroatoms. The van der Waals surface area contributed by atoms with Crippen molar-refractivity contribution in [3.05, 3.63) is 52.9 Å². The fraction of sp³-hybridized carbons (Fsp3) is 0.500. The number of aromatic nitrogens is 1. The second-order valence-corrected chi connectivity index (χ2v) is 8.09. The molecule has 7 nitrogen and oxygen atoms in total. The maximum Gasteiger partial charge on any atom is 0.273 e. The number of carbonyl (C=O) groups excluding carboxylic acids is 2. The second kappa shape index (κ2) is 8.78. The van der Waals surface area contributed by atoms with Crippen molar-refractivity contribution < 1.29 is 14.1 Å². The van der Waals surface area contributed by atoms with E-state index in [1.54, 1.807) is 13.0 Å². The summed E-state index contributed by atoms with van der Waals surface area (Å²) in [5.74, 6) is 1.02. The summed E-state index contributed by atoms with van der Waals surface area (Å²) in [5.41, 5.74) is 3.06. The molecule has 2 amide bonds. The second-order valence-electron chi connectivity index (χ2n) is 8.09. The lowest BCUT2D eigenvalue weighted by molar-refractivity contribution is -0.134. The molecular formula is C22H28N4O3. The molecule has 0 bridgehead atoms. The summed E-state index contributed by atoms with van der Waals surface area (Å²) in [6.45, 7) is 6.16. The Morgan fingerprint density at radius 3 is 2.66 bits per heavy atom. The molecule has 0 spiro atoms. The maximum absolute atomic E-state index is 12.7. The lowest BCUT2D eigenvalue weighted by Crippen LogP contribution is -2.46. The molecule has 4 rings (SSSR count). The van der Waals surface area contributed by atoms with Crippen LogP contribution < -0.4 is 5.32 Å². The number of hydrogen-bond acceptors (Lipinski definition) is 5. The molecule has 0 atom stereocenters.